The molecule has 1 fully saturated rings. The van der Waals surface area contributed by atoms with E-state index in [0.29, 0.717) is 38.8 Å². The first kappa shape index (κ1) is 17.5. The number of aliphatic hydroxyl groups excluding tert-OH is 1. The van der Waals surface area contributed by atoms with Gasteiger partial charge in [-0.3, -0.25) is 4.90 Å². The molecule has 1 heterocycles. The van der Waals surface area contributed by atoms with Crippen LogP contribution in [0.25, 0.3) is 0 Å². The van der Waals surface area contributed by atoms with Crippen LogP contribution in [0.4, 0.5) is 28.0 Å². The molecule has 128 valence electrons. The van der Waals surface area contributed by atoms with Crippen molar-refractivity contribution in [2.75, 3.05) is 44.6 Å². The number of anilines is 1. The molecule has 2 rings (SSSR count). The molecule has 2 N–H and O–H groups in total. The Morgan fingerprint density at radius 3 is 2.43 bits per heavy atom. The monoisotopic (exact) mass is 335 g/mol. The Morgan fingerprint density at radius 1 is 1.22 bits per heavy atom. The predicted octanol–water partition coefficient (Wildman–Crippen LogP) is 1.99. The Labute approximate surface area is 130 Å². The van der Waals surface area contributed by atoms with Gasteiger partial charge < -0.3 is 15.3 Å². The predicted molar refractivity (Wildman–Crippen MR) is 75.5 cm³/mol. The first-order valence-electron chi connectivity index (χ1n) is 7.07. The molecule has 2 amide bonds. The van der Waals surface area contributed by atoms with Crippen LogP contribution in [-0.4, -0.2) is 60.3 Å². The molecule has 23 heavy (non-hydrogen) atoms. The van der Waals surface area contributed by atoms with Crippen molar-refractivity contribution in [3.63, 3.8) is 0 Å². The van der Waals surface area contributed by atoms with Gasteiger partial charge in [0.25, 0.3) is 0 Å². The quantitative estimate of drug-likeness (QED) is 0.831. The maximum atomic E-state index is 13.0. The number of aliphatic hydroxyl groups is 1. The zero-order valence-electron chi connectivity index (χ0n) is 12.2. The van der Waals surface area contributed by atoms with Crippen molar-refractivity contribution < 1.29 is 27.5 Å². The van der Waals surface area contributed by atoms with Gasteiger partial charge >= 0.3 is 12.2 Å². The normalized spacial score (nSPS) is 16.5. The number of hydrogen-bond acceptors (Lipinski definition) is 3. The van der Waals surface area contributed by atoms with Crippen molar-refractivity contribution in [3.8, 4) is 0 Å². The summed E-state index contributed by atoms with van der Waals surface area (Å²) in [5.41, 5.74) is -1.69. The Hall–Kier alpha value is -1.87. The minimum Gasteiger partial charge on any atom is -0.395 e. The molecule has 0 atom stereocenters. The molecule has 1 aromatic rings. The molecule has 1 aliphatic heterocycles. The molecule has 9 heteroatoms. The maximum absolute atomic E-state index is 13.0. The van der Waals surface area contributed by atoms with E-state index >= 15 is 0 Å². The zero-order valence-corrected chi connectivity index (χ0v) is 12.2. The SMILES string of the molecule is O=C(Nc1ccc(F)cc1C(F)(F)F)N1CCN(CCO)CC1. The number of amides is 2. The molecule has 1 aliphatic rings. The fourth-order valence-corrected chi connectivity index (χ4v) is 2.37. The summed E-state index contributed by atoms with van der Waals surface area (Å²) in [6, 6.07) is 1.46. The summed E-state index contributed by atoms with van der Waals surface area (Å²) in [4.78, 5) is 15.4. The second-order valence-corrected chi connectivity index (χ2v) is 5.17. The average Bonchev–Trinajstić information content (AvgIpc) is 2.49. The van der Waals surface area contributed by atoms with E-state index < -0.39 is 29.3 Å². The minimum atomic E-state index is -4.76. The third kappa shape index (κ3) is 4.55. The van der Waals surface area contributed by atoms with Crippen LogP contribution in [0.15, 0.2) is 18.2 Å². The summed E-state index contributed by atoms with van der Waals surface area (Å²) in [7, 11) is 0. The number of carbonyl (C=O) groups excluding carboxylic acids is 1. The van der Waals surface area contributed by atoms with Crippen LogP contribution in [0, 0.1) is 5.82 Å². The number of halogens is 4. The van der Waals surface area contributed by atoms with E-state index in [2.05, 4.69) is 5.32 Å². The van der Waals surface area contributed by atoms with Crippen molar-refractivity contribution in [3.05, 3.63) is 29.6 Å². The second kappa shape index (κ2) is 7.14. The highest BCUT2D eigenvalue weighted by atomic mass is 19.4. The summed E-state index contributed by atoms with van der Waals surface area (Å²) in [6.45, 7) is 2.25. The number of nitrogens with zero attached hydrogens (tertiary/aromatic N) is 2. The van der Waals surface area contributed by atoms with Gasteiger partial charge in [0.2, 0.25) is 0 Å². The highest BCUT2D eigenvalue weighted by molar-refractivity contribution is 5.90. The number of β-amino-alcohol motifs (C(OH)–C–C–N with tert-alkyl or cyclic N) is 1. The first-order valence-corrected chi connectivity index (χ1v) is 7.07. The lowest BCUT2D eigenvalue weighted by Gasteiger charge is -2.34. The average molecular weight is 335 g/mol. The van der Waals surface area contributed by atoms with E-state index in [1.807, 2.05) is 4.90 Å². The van der Waals surface area contributed by atoms with Crippen molar-refractivity contribution in [1.29, 1.82) is 0 Å². The summed E-state index contributed by atoms with van der Waals surface area (Å²) in [6.07, 6.45) is -4.76. The summed E-state index contributed by atoms with van der Waals surface area (Å²) < 4.78 is 51.7. The molecule has 5 nitrogen and oxygen atoms in total. The molecule has 0 aliphatic carbocycles. The van der Waals surface area contributed by atoms with Gasteiger partial charge in [-0.1, -0.05) is 0 Å². The van der Waals surface area contributed by atoms with Gasteiger partial charge in [-0.05, 0) is 18.2 Å². The molecule has 0 saturated carbocycles. The molecular formula is C14H17F4N3O2. The van der Waals surface area contributed by atoms with E-state index in [-0.39, 0.29) is 6.61 Å². The van der Waals surface area contributed by atoms with Crippen molar-refractivity contribution in [1.82, 2.24) is 9.80 Å². The van der Waals surface area contributed by atoms with Gasteiger partial charge in [0.05, 0.1) is 17.9 Å². The Morgan fingerprint density at radius 2 is 1.87 bits per heavy atom. The van der Waals surface area contributed by atoms with Crippen molar-refractivity contribution in [2.24, 2.45) is 0 Å². The Bertz CT molecular complexity index is 557. The number of alkyl halides is 3. The Balaban J connectivity index is 2.04. The highest BCUT2D eigenvalue weighted by Crippen LogP contribution is 2.35. The second-order valence-electron chi connectivity index (χ2n) is 5.17. The number of benzene rings is 1. The third-order valence-corrected chi connectivity index (χ3v) is 3.60. The molecule has 0 radical (unpaired) electrons. The third-order valence-electron chi connectivity index (χ3n) is 3.60. The lowest BCUT2D eigenvalue weighted by molar-refractivity contribution is -0.137. The lowest BCUT2D eigenvalue weighted by atomic mass is 10.1. The van der Waals surface area contributed by atoms with Gasteiger partial charge in [0.15, 0.2) is 0 Å². The number of nitrogens with one attached hydrogen (secondary N) is 1. The van der Waals surface area contributed by atoms with Crippen molar-refractivity contribution in [2.45, 2.75) is 6.18 Å². The van der Waals surface area contributed by atoms with Crippen LogP contribution in [0.3, 0.4) is 0 Å². The van der Waals surface area contributed by atoms with Gasteiger partial charge in [-0.15, -0.1) is 0 Å². The van der Waals surface area contributed by atoms with Crippen LogP contribution < -0.4 is 5.32 Å². The van der Waals surface area contributed by atoms with E-state index in [9.17, 15) is 22.4 Å². The highest BCUT2D eigenvalue weighted by Gasteiger charge is 2.35. The minimum absolute atomic E-state index is 0.0106. The van der Waals surface area contributed by atoms with Crippen molar-refractivity contribution >= 4 is 11.7 Å². The fourth-order valence-electron chi connectivity index (χ4n) is 2.37. The van der Waals surface area contributed by atoms with Crippen LogP contribution in [0.1, 0.15) is 5.56 Å². The van der Waals surface area contributed by atoms with Gasteiger partial charge in [0, 0.05) is 32.7 Å². The van der Waals surface area contributed by atoms with Gasteiger partial charge in [-0.2, -0.15) is 13.2 Å². The number of piperazine rings is 1. The van der Waals surface area contributed by atoms with Crippen LogP contribution in [0.5, 0.6) is 0 Å². The number of rotatable bonds is 3. The van der Waals surface area contributed by atoms with Gasteiger partial charge in [0.1, 0.15) is 5.82 Å². The molecule has 0 bridgehead atoms. The molecule has 1 aromatic carbocycles. The topological polar surface area (TPSA) is 55.8 Å². The van der Waals surface area contributed by atoms with Crippen LogP contribution >= 0.6 is 0 Å². The van der Waals surface area contributed by atoms with E-state index in [4.69, 9.17) is 5.11 Å². The zero-order chi connectivity index (χ0) is 17.0. The number of carbonyl (C=O) groups is 1. The van der Waals surface area contributed by atoms with E-state index in [0.717, 1.165) is 12.1 Å². The van der Waals surface area contributed by atoms with E-state index in [1.165, 1.54) is 4.90 Å². The first-order chi connectivity index (χ1) is 10.8. The fraction of sp³-hybridized carbons (Fsp3) is 0.500. The van der Waals surface area contributed by atoms with Crippen LogP contribution in [0.2, 0.25) is 0 Å². The summed E-state index contributed by atoms with van der Waals surface area (Å²) >= 11 is 0. The molecule has 0 spiro atoms. The maximum Gasteiger partial charge on any atom is 0.418 e. The van der Waals surface area contributed by atoms with Gasteiger partial charge in [-0.25, -0.2) is 9.18 Å². The smallest absolute Gasteiger partial charge is 0.395 e. The summed E-state index contributed by atoms with van der Waals surface area (Å²) in [5.74, 6) is -1.02. The summed E-state index contributed by atoms with van der Waals surface area (Å²) in [5, 5.41) is 11.0. The lowest BCUT2D eigenvalue weighted by Crippen LogP contribution is -2.50. The molecule has 0 aromatic heterocycles. The molecular weight excluding hydrogens is 318 g/mol. The molecule has 0 unspecified atom stereocenters. The number of hydrogen-bond donors (Lipinski definition) is 2. The van der Waals surface area contributed by atoms with Crippen LogP contribution in [-0.2, 0) is 6.18 Å². The Kier molecular flexibility index (Phi) is 5.42. The molecule has 1 saturated heterocycles. The van der Waals surface area contributed by atoms with E-state index in [1.54, 1.807) is 0 Å². The largest absolute Gasteiger partial charge is 0.418 e. The standard InChI is InChI=1S/C14H17F4N3O2/c15-10-1-2-12(11(9-10)14(16,17)18)19-13(23)21-5-3-20(4-6-21)7-8-22/h1-2,9,22H,3-8H2,(H,19,23). The number of urea groups is 1.